The zero-order chi connectivity index (χ0) is 11.6. The highest BCUT2D eigenvalue weighted by molar-refractivity contribution is 5.97. The molecule has 0 aliphatic heterocycles. The summed E-state index contributed by atoms with van der Waals surface area (Å²) in [5.74, 6) is -0.915. The molecule has 0 fully saturated rings. The molecule has 15 heavy (non-hydrogen) atoms. The largest absolute Gasteiger partial charge is 0.365 e. The molecular weight excluding hydrogens is 198 g/mol. The standard InChI is InChI=1S/C9H7N3O3/c1-5-2-6(4-10)3-7(9(11)13)8(5)12(14)15/h2-3H,1H3,(H2,11,13). The SMILES string of the molecule is Cc1cc(C#N)cc(C(N)=O)c1[N+](=O)[O-]. The summed E-state index contributed by atoms with van der Waals surface area (Å²) in [7, 11) is 0. The van der Waals surface area contributed by atoms with Gasteiger partial charge in [-0.15, -0.1) is 0 Å². The molecule has 6 heteroatoms. The minimum Gasteiger partial charge on any atom is -0.365 e. The van der Waals surface area contributed by atoms with Crippen molar-refractivity contribution in [2.75, 3.05) is 0 Å². The number of nitrogens with zero attached hydrogens (tertiary/aromatic N) is 2. The molecule has 0 radical (unpaired) electrons. The zero-order valence-corrected chi connectivity index (χ0v) is 7.85. The van der Waals surface area contributed by atoms with Crippen LogP contribution in [0.25, 0.3) is 0 Å². The van der Waals surface area contributed by atoms with Crippen LogP contribution in [0.1, 0.15) is 21.5 Å². The number of hydrogen-bond donors (Lipinski definition) is 1. The monoisotopic (exact) mass is 205 g/mol. The molecule has 0 bridgehead atoms. The fourth-order valence-electron chi connectivity index (χ4n) is 1.27. The number of nitrogens with two attached hydrogens (primary N) is 1. The maximum absolute atomic E-state index is 11.0. The molecule has 0 aliphatic rings. The van der Waals surface area contributed by atoms with Gasteiger partial charge in [-0.2, -0.15) is 5.26 Å². The molecule has 1 aromatic carbocycles. The molecule has 6 nitrogen and oxygen atoms in total. The van der Waals surface area contributed by atoms with Crippen molar-refractivity contribution in [2.24, 2.45) is 5.73 Å². The zero-order valence-electron chi connectivity index (χ0n) is 7.85. The summed E-state index contributed by atoms with van der Waals surface area (Å²) in [6.07, 6.45) is 0. The van der Waals surface area contributed by atoms with Gasteiger partial charge in [-0.05, 0) is 19.1 Å². The maximum Gasteiger partial charge on any atom is 0.285 e. The van der Waals surface area contributed by atoms with Crippen LogP contribution in [0, 0.1) is 28.4 Å². The highest BCUT2D eigenvalue weighted by atomic mass is 16.6. The number of nitro benzene ring substituents is 1. The average molecular weight is 205 g/mol. The van der Waals surface area contributed by atoms with Crippen LogP contribution in [0.3, 0.4) is 0 Å². The number of hydrogen-bond acceptors (Lipinski definition) is 4. The molecule has 1 aromatic rings. The van der Waals surface area contributed by atoms with Crippen molar-refractivity contribution in [3.8, 4) is 6.07 Å². The number of carbonyl (C=O) groups excluding carboxylic acids is 1. The summed E-state index contributed by atoms with van der Waals surface area (Å²) in [5, 5.41) is 19.3. The minimum absolute atomic E-state index is 0.173. The number of carbonyl (C=O) groups is 1. The molecule has 0 atom stereocenters. The van der Waals surface area contributed by atoms with Crippen LogP contribution >= 0.6 is 0 Å². The van der Waals surface area contributed by atoms with Crippen molar-refractivity contribution >= 4 is 11.6 Å². The Morgan fingerprint density at radius 1 is 1.60 bits per heavy atom. The second-order valence-corrected chi connectivity index (χ2v) is 2.92. The molecule has 0 heterocycles. The summed E-state index contributed by atoms with van der Waals surface area (Å²) < 4.78 is 0. The number of amides is 1. The molecule has 0 aromatic heterocycles. The van der Waals surface area contributed by atoms with Crippen LogP contribution in [0.5, 0.6) is 0 Å². The Bertz CT molecular complexity index is 488. The molecule has 2 N–H and O–H groups in total. The third-order valence-corrected chi connectivity index (χ3v) is 1.88. The predicted molar refractivity (Wildman–Crippen MR) is 51.1 cm³/mol. The van der Waals surface area contributed by atoms with Crippen molar-refractivity contribution in [1.82, 2.24) is 0 Å². The van der Waals surface area contributed by atoms with Crippen LogP contribution < -0.4 is 5.73 Å². The van der Waals surface area contributed by atoms with Gasteiger partial charge in [0.15, 0.2) is 0 Å². The van der Waals surface area contributed by atoms with E-state index in [-0.39, 0.29) is 22.4 Å². The molecule has 0 saturated carbocycles. The van der Waals surface area contributed by atoms with E-state index in [2.05, 4.69) is 0 Å². The Balaban J connectivity index is 3.58. The van der Waals surface area contributed by atoms with Gasteiger partial charge in [-0.1, -0.05) is 0 Å². The maximum atomic E-state index is 11.0. The highest BCUT2D eigenvalue weighted by Crippen LogP contribution is 2.24. The number of aryl methyl sites for hydroxylation is 1. The fourth-order valence-corrected chi connectivity index (χ4v) is 1.27. The van der Waals surface area contributed by atoms with E-state index >= 15 is 0 Å². The third kappa shape index (κ3) is 1.91. The van der Waals surface area contributed by atoms with Gasteiger partial charge in [0.05, 0.1) is 16.6 Å². The summed E-state index contributed by atoms with van der Waals surface area (Å²) >= 11 is 0. The second kappa shape index (κ2) is 3.75. The number of primary amides is 1. The predicted octanol–water partition coefficient (Wildman–Crippen LogP) is 0.874. The van der Waals surface area contributed by atoms with Crippen LogP contribution in [0.2, 0.25) is 0 Å². The third-order valence-electron chi connectivity index (χ3n) is 1.88. The first-order valence-corrected chi connectivity index (χ1v) is 3.96. The topological polar surface area (TPSA) is 110 Å². The van der Waals surface area contributed by atoms with Gasteiger partial charge in [0.2, 0.25) is 0 Å². The van der Waals surface area contributed by atoms with Crippen LogP contribution in [0.15, 0.2) is 12.1 Å². The lowest BCUT2D eigenvalue weighted by atomic mass is 10.0. The van der Waals surface area contributed by atoms with Crippen molar-refractivity contribution in [1.29, 1.82) is 5.26 Å². The normalized spacial score (nSPS) is 9.33. The number of rotatable bonds is 2. The fraction of sp³-hybridized carbons (Fsp3) is 0.111. The second-order valence-electron chi connectivity index (χ2n) is 2.92. The van der Waals surface area contributed by atoms with E-state index in [1.54, 1.807) is 6.07 Å². The van der Waals surface area contributed by atoms with Gasteiger partial charge in [0.25, 0.3) is 11.6 Å². The minimum atomic E-state index is -0.915. The Hall–Kier alpha value is -2.42. The van der Waals surface area contributed by atoms with Gasteiger partial charge in [-0.3, -0.25) is 14.9 Å². The number of benzene rings is 1. The number of nitro groups is 1. The first-order valence-electron chi connectivity index (χ1n) is 3.96. The van der Waals surface area contributed by atoms with Crippen molar-refractivity contribution in [2.45, 2.75) is 6.92 Å². The smallest absolute Gasteiger partial charge is 0.285 e. The van der Waals surface area contributed by atoms with E-state index in [1.807, 2.05) is 0 Å². The van der Waals surface area contributed by atoms with Crippen LogP contribution in [-0.4, -0.2) is 10.8 Å². The van der Waals surface area contributed by atoms with Gasteiger partial charge in [-0.25, -0.2) is 0 Å². The van der Waals surface area contributed by atoms with Crippen molar-refractivity contribution in [3.63, 3.8) is 0 Å². The van der Waals surface area contributed by atoms with Crippen LogP contribution in [-0.2, 0) is 0 Å². The lowest BCUT2D eigenvalue weighted by Gasteiger charge is -2.02. The Morgan fingerprint density at radius 2 is 2.20 bits per heavy atom. The first kappa shape index (κ1) is 10.7. The number of nitriles is 1. The quantitative estimate of drug-likeness (QED) is 0.570. The molecule has 0 unspecified atom stereocenters. The van der Waals surface area contributed by atoms with Gasteiger partial charge >= 0.3 is 0 Å². The summed E-state index contributed by atoms with van der Waals surface area (Å²) in [6.45, 7) is 1.45. The Morgan fingerprint density at radius 3 is 2.60 bits per heavy atom. The molecule has 76 valence electrons. The van der Waals surface area contributed by atoms with E-state index < -0.39 is 10.8 Å². The summed E-state index contributed by atoms with van der Waals surface area (Å²) in [6, 6.07) is 4.26. The van der Waals surface area contributed by atoms with E-state index in [1.165, 1.54) is 13.0 Å². The molecular formula is C9H7N3O3. The Labute approximate surface area is 85.1 Å². The van der Waals surface area contributed by atoms with E-state index in [9.17, 15) is 14.9 Å². The van der Waals surface area contributed by atoms with Crippen molar-refractivity contribution < 1.29 is 9.72 Å². The molecule has 0 saturated heterocycles. The molecule has 0 aliphatic carbocycles. The van der Waals surface area contributed by atoms with Gasteiger partial charge < -0.3 is 5.73 Å². The summed E-state index contributed by atoms with van der Waals surface area (Å²) in [4.78, 5) is 20.9. The average Bonchev–Trinajstić information content (AvgIpc) is 2.15. The van der Waals surface area contributed by atoms with Gasteiger partial charge in [0.1, 0.15) is 5.56 Å². The van der Waals surface area contributed by atoms with Crippen molar-refractivity contribution in [3.05, 3.63) is 38.9 Å². The lowest BCUT2D eigenvalue weighted by Crippen LogP contribution is -2.14. The Kier molecular flexibility index (Phi) is 2.67. The molecule has 0 spiro atoms. The molecule has 1 amide bonds. The van der Waals surface area contributed by atoms with Gasteiger partial charge in [0, 0.05) is 5.56 Å². The first-order chi connectivity index (χ1) is 6.97. The van der Waals surface area contributed by atoms with E-state index in [0.29, 0.717) is 0 Å². The van der Waals surface area contributed by atoms with E-state index in [0.717, 1.165) is 6.07 Å². The van der Waals surface area contributed by atoms with E-state index in [4.69, 9.17) is 11.0 Å². The lowest BCUT2D eigenvalue weighted by molar-refractivity contribution is -0.385. The van der Waals surface area contributed by atoms with Crippen LogP contribution in [0.4, 0.5) is 5.69 Å². The highest BCUT2D eigenvalue weighted by Gasteiger charge is 2.22. The molecule has 1 rings (SSSR count). The summed E-state index contributed by atoms with van der Waals surface area (Å²) in [5.41, 5.74) is 4.82.